The molecule has 1 amide bonds. The normalized spacial score (nSPS) is 13.1. The van der Waals surface area contributed by atoms with Gasteiger partial charge in [0, 0.05) is 6.42 Å². The highest BCUT2D eigenvalue weighted by atomic mass is 16.3. The Labute approximate surface area is 501 Å². The van der Waals surface area contributed by atoms with Crippen LogP contribution in [-0.2, 0) is 4.79 Å². The van der Waals surface area contributed by atoms with E-state index in [4.69, 9.17) is 0 Å². The molecule has 0 fully saturated rings. The van der Waals surface area contributed by atoms with E-state index in [2.05, 4.69) is 92.1 Å². The zero-order valence-corrected chi connectivity index (χ0v) is 54.1. The summed E-state index contributed by atoms with van der Waals surface area (Å²) in [7, 11) is 0. The predicted molar refractivity (Wildman–Crippen MR) is 359 cm³/mol. The maximum absolute atomic E-state index is 12.6. The van der Waals surface area contributed by atoms with Gasteiger partial charge < -0.3 is 15.5 Å². The lowest BCUT2D eigenvalue weighted by molar-refractivity contribution is -0.123. The van der Waals surface area contributed by atoms with Crippen LogP contribution < -0.4 is 5.32 Å². The van der Waals surface area contributed by atoms with Gasteiger partial charge in [-0.3, -0.25) is 4.79 Å². The van der Waals surface area contributed by atoms with Crippen molar-refractivity contribution < 1.29 is 15.0 Å². The Bertz CT molecular complexity index is 1360. The maximum Gasteiger partial charge on any atom is 0.220 e. The van der Waals surface area contributed by atoms with Crippen LogP contribution >= 0.6 is 0 Å². The number of carbonyl (C=O) groups excluding carboxylic acids is 1. The van der Waals surface area contributed by atoms with E-state index in [0.717, 1.165) is 64.2 Å². The highest BCUT2D eigenvalue weighted by Gasteiger charge is 2.20. The number of nitrogens with one attached hydrogen (secondary N) is 1. The molecule has 3 N–H and O–H groups in total. The highest BCUT2D eigenvalue weighted by Crippen LogP contribution is 2.19. The van der Waals surface area contributed by atoms with Crippen molar-refractivity contribution in [2.75, 3.05) is 6.61 Å². The van der Waals surface area contributed by atoms with E-state index in [9.17, 15) is 15.0 Å². The average molecular weight is 1120 g/mol. The molecule has 2 atom stereocenters. The Morgan fingerprint density at radius 2 is 0.550 bits per heavy atom. The number of aliphatic hydroxyl groups excluding tert-OH is 2. The highest BCUT2D eigenvalue weighted by molar-refractivity contribution is 5.76. The van der Waals surface area contributed by atoms with Crippen molar-refractivity contribution in [3.8, 4) is 0 Å². The Morgan fingerprint density at radius 3 is 0.825 bits per heavy atom. The summed E-state index contributed by atoms with van der Waals surface area (Å²) in [4.78, 5) is 12.6. The van der Waals surface area contributed by atoms with Crippen LogP contribution in [0.3, 0.4) is 0 Å². The molecule has 80 heavy (non-hydrogen) atoms. The molecule has 0 aliphatic heterocycles. The molecule has 0 rings (SSSR count). The van der Waals surface area contributed by atoms with Crippen molar-refractivity contribution in [1.82, 2.24) is 5.32 Å². The van der Waals surface area contributed by atoms with Gasteiger partial charge in [-0.05, 0) is 64.2 Å². The number of hydrogen-bond donors (Lipinski definition) is 3. The lowest BCUT2D eigenvalue weighted by Crippen LogP contribution is -2.45. The van der Waals surface area contributed by atoms with Gasteiger partial charge in [0.25, 0.3) is 0 Å². The van der Waals surface area contributed by atoms with Crippen LogP contribution in [0.15, 0.2) is 72.9 Å². The van der Waals surface area contributed by atoms with E-state index >= 15 is 0 Å². The lowest BCUT2D eigenvalue weighted by atomic mass is 10.0. The Kier molecular flexibility index (Phi) is 69.2. The van der Waals surface area contributed by atoms with Gasteiger partial charge in [-0.25, -0.2) is 0 Å². The third kappa shape index (κ3) is 66.6. The molecule has 0 aromatic carbocycles. The van der Waals surface area contributed by atoms with Gasteiger partial charge in [0.1, 0.15) is 0 Å². The second-order valence-electron chi connectivity index (χ2n) is 24.6. The molecule has 4 heteroatoms. The lowest BCUT2D eigenvalue weighted by Gasteiger charge is -2.22. The smallest absolute Gasteiger partial charge is 0.220 e. The zero-order valence-electron chi connectivity index (χ0n) is 54.1. The van der Waals surface area contributed by atoms with Crippen LogP contribution in [0, 0.1) is 0 Å². The summed E-state index contributed by atoms with van der Waals surface area (Å²) in [6.07, 6.45) is 103. The molecule has 0 bridgehead atoms. The second-order valence-corrected chi connectivity index (χ2v) is 24.6. The topological polar surface area (TPSA) is 69.6 Å². The summed E-state index contributed by atoms with van der Waals surface area (Å²) in [5.74, 6) is -0.0240. The number of carbonyl (C=O) groups is 1. The summed E-state index contributed by atoms with van der Waals surface area (Å²) in [6.45, 7) is 4.28. The van der Waals surface area contributed by atoms with Crippen LogP contribution in [0.25, 0.3) is 0 Å². The molecule has 0 aliphatic rings. The van der Waals surface area contributed by atoms with Crippen molar-refractivity contribution in [1.29, 1.82) is 0 Å². The van der Waals surface area contributed by atoms with E-state index in [1.54, 1.807) is 0 Å². The molecule has 0 saturated carbocycles. The molecule has 0 aromatic heterocycles. The zero-order chi connectivity index (χ0) is 57.6. The molecule has 4 nitrogen and oxygen atoms in total. The van der Waals surface area contributed by atoms with Crippen molar-refractivity contribution in [2.45, 2.75) is 398 Å². The van der Waals surface area contributed by atoms with Gasteiger partial charge in [0.05, 0.1) is 18.8 Å². The summed E-state index contributed by atoms with van der Waals surface area (Å²) < 4.78 is 0. The molecule has 0 radical (unpaired) electrons. The third-order valence-electron chi connectivity index (χ3n) is 16.7. The number of allylic oxidation sites excluding steroid dienone is 12. The predicted octanol–water partition coefficient (Wildman–Crippen LogP) is 24.8. The third-order valence-corrected chi connectivity index (χ3v) is 16.7. The molecule has 2 unspecified atom stereocenters. The van der Waals surface area contributed by atoms with E-state index in [0.29, 0.717) is 12.8 Å². The Hall–Kier alpha value is -2.17. The standard InChI is InChI=1S/C76H141NO3/c1-3-5-7-9-11-13-15-17-19-21-23-25-27-29-31-32-33-34-35-36-37-38-39-40-41-42-43-44-46-48-50-52-54-56-58-60-62-64-66-68-70-72-76(80)77-74(73-78)75(79)71-69-67-65-63-61-59-57-55-53-51-49-47-45-30-28-26-24-22-20-18-16-14-12-10-8-6-4-2/h5,7,11,13,17,19,23,25,29,31,33-34,74-75,78-79H,3-4,6,8-10,12,14-16,18,20-22,24,26-28,30,32,35-73H2,1-2H3,(H,77,80)/b7-5-,13-11-,19-17-,25-23-,31-29-,34-33-. The van der Waals surface area contributed by atoms with Crippen LogP contribution in [-0.4, -0.2) is 34.9 Å². The Balaban J connectivity index is 3.40. The van der Waals surface area contributed by atoms with Gasteiger partial charge in [-0.1, -0.05) is 389 Å². The van der Waals surface area contributed by atoms with Crippen molar-refractivity contribution >= 4 is 5.91 Å². The molecule has 0 spiro atoms. The molecule has 0 saturated heterocycles. The number of amides is 1. The minimum Gasteiger partial charge on any atom is -0.394 e. The number of hydrogen-bond acceptors (Lipinski definition) is 3. The van der Waals surface area contributed by atoms with Crippen molar-refractivity contribution in [3.05, 3.63) is 72.9 Å². The van der Waals surface area contributed by atoms with Gasteiger partial charge in [-0.15, -0.1) is 0 Å². The van der Waals surface area contributed by atoms with Crippen LogP contribution in [0.4, 0.5) is 0 Å². The maximum atomic E-state index is 12.6. The summed E-state index contributed by atoms with van der Waals surface area (Å²) in [5.41, 5.74) is 0. The quantitative estimate of drug-likeness (QED) is 0.0420. The van der Waals surface area contributed by atoms with Crippen molar-refractivity contribution in [2.24, 2.45) is 0 Å². The largest absolute Gasteiger partial charge is 0.394 e. The SMILES string of the molecule is CC/C=C\C/C=C\C/C=C\C/C=C\C/C=C\C/C=C\CCCCCCCCCCCCCCCCCCCCCCCCC(=O)NC(CO)C(O)CCCCCCCCCCCCCCCCCCCCCCCCCCCCC. The molecular weight excluding hydrogens is 975 g/mol. The first kappa shape index (κ1) is 77.8. The van der Waals surface area contributed by atoms with Crippen LogP contribution in [0.1, 0.15) is 386 Å². The van der Waals surface area contributed by atoms with Crippen molar-refractivity contribution in [3.63, 3.8) is 0 Å². The minimum absolute atomic E-state index is 0.0240. The molecule has 468 valence electrons. The van der Waals surface area contributed by atoms with Crippen LogP contribution in [0.5, 0.6) is 0 Å². The molecule has 0 aliphatic carbocycles. The number of rotatable bonds is 67. The second kappa shape index (κ2) is 71.1. The summed E-state index contributed by atoms with van der Waals surface area (Å²) >= 11 is 0. The first-order valence-corrected chi connectivity index (χ1v) is 36.1. The number of unbranched alkanes of at least 4 members (excludes halogenated alkanes) is 48. The van der Waals surface area contributed by atoms with Gasteiger partial charge in [0.15, 0.2) is 0 Å². The van der Waals surface area contributed by atoms with E-state index < -0.39 is 12.1 Å². The summed E-state index contributed by atoms with van der Waals surface area (Å²) in [6, 6.07) is -0.538. The van der Waals surface area contributed by atoms with E-state index in [1.807, 2.05) is 0 Å². The van der Waals surface area contributed by atoms with Crippen LogP contribution in [0.2, 0.25) is 0 Å². The number of aliphatic hydroxyl groups is 2. The monoisotopic (exact) mass is 1120 g/mol. The van der Waals surface area contributed by atoms with E-state index in [1.165, 1.54) is 295 Å². The molecular formula is C76H141NO3. The van der Waals surface area contributed by atoms with E-state index in [-0.39, 0.29) is 12.5 Å². The molecule has 0 heterocycles. The Morgan fingerprint density at radius 1 is 0.312 bits per heavy atom. The fraction of sp³-hybridized carbons (Fsp3) is 0.829. The van der Waals surface area contributed by atoms with Gasteiger partial charge >= 0.3 is 0 Å². The van der Waals surface area contributed by atoms with Gasteiger partial charge in [-0.2, -0.15) is 0 Å². The fourth-order valence-electron chi connectivity index (χ4n) is 11.3. The summed E-state index contributed by atoms with van der Waals surface area (Å²) in [5, 5.41) is 23.5. The van der Waals surface area contributed by atoms with Gasteiger partial charge in [0.2, 0.25) is 5.91 Å². The fourth-order valence-corrected chi connectivity index (χ4v) is 11.3. The first-order valence-electron chi connectivity index (χ1n) is 36.1. The first-order chi connectivity index (χ1) is 39.7. The minimum atomic E-state index is -0.661. The molecule has 0 aromatic rings. The average Bonchev–Trinajstić information content (AvgIpc) is 3.46.